The van der Waals surface area contributed by atoms with Crippen LogP contribution in [-0.4, -0.2) is 36.3 Å². The molecule has 2 aromatic carbocycles. The number of benzene rings is 2. The van der Waals surface area contributed by atoms with Crippen molar-refractivity contribution in [3.63, 3.8) is 0 Å². The molecule has 5 nitrogen and oxygen atoms in total. The Morgan fingerprint density at radius 2 is 1.80 bits per heavy atom. The van der Waals surface area contributed by atoms with E-state index in [0.717, 1.165) is 11.1 Å². The summed E-state index contributed by atoms with van der Waals surface area (Å²) >= 11 is 0. The molecule has 2 aromatic rings. The molecule has 0 fully saturated rings. The maximum absolute atomic E-state index is 13.1. The molecule has 1 N–H and O–H groups in total. The number of amides is 2. The normalized spacial score (nSPS) is 17.2. The Bertz CT molecular complexity index is 838. The second kappa shape index (κ2) is 6.99. The topological polar surface area (TPSA) is 70.0 Å². The van der Waals surface area contributed by atoms with E-state index >= 15 is 0 Å². The molecule has 5 heteroatoms. The van der Waals surface area contributed by atoms with Crippen LogP contribution in [0, 0.1) is 13.8 Å². The molecule has 1 aliphatic rings. The van der Waals surface area contributed by atoms with E-state index < -0.39 is 5.92 Å². The van der Waals surface area contributed by atoms with Crippen molar-refractivity contribution >= 4 is 23.7 Å². The van der Waals surface area contributed by atoms with Gasteiger partial charge in [-0.15, -0.1) is 0 Å². The Labute approximate surface area is 146 Å². The molecule has 1 heterocycles. The van der Waals surface area contributed by atoms with Crippen LogP contribution in [0.25, 0.3) is 0 Å². The molecule has 2 amide bonds. The Hall–Kier alpha value is -2.79. The number of fused-ring (bicyclic) bond motifs is 1. The summed E-state index contributed by atoms with van der Waals surface area (Å²) in [4.78, 5) is 31.4. The minimum Gasteiger partial charge on any atom is -0.394 e. The molecule has 1 aliphatic heterocycles. The van der Waals surface area contributed by atoms with E-state index in [2.05, 4.69) is 4.99 Å². The van der Waals surface area contributed by atoms with Crippen molar-refractivity contribution in [2.24, 2.45) is 4.99 Å². The van der Waals surface area contributed by atoms with Gasteiger partial charge in [-0.1, -0.05) is 24.3 Å². The van der Waals surface area contributed by atoms with Crippen molar-refractivity contribution < 1.29 is 14.7 Å². The van der Waals surface area contributed by atoms with E-state index in [9.17, 15) is 9.59 Å². The highest BCUT2D eigenvalue weighted by molar-refractivity contribution is 6.29. The van der Waals surface area contributed by atoms with Crippen LogP contribution in [0.4, 0.5) is 5.69 Å². The summed E-state index contributed by atoms with van der Waals surface area (Å²) in [5.41, 5.74) is 3.70. The maximum Gasteiger partial charge on any atom is 0.265 e. The van der Waals surface area contributed by atoms with Gasteiger partial charge in [-0.05, 0) is 48.7 Å². The Morgan fingerprint density at radius 1 is 1.12 bits per heavy atom. The number of aliphatic imine (C=N–C) groups is 1. The fraction of sp³-hybridized carbons (Fsp3) is 0.250. The average Bonchev–Trinajstić information content (AvgIpc) is 2.57. The molecule has 0 aromatic heterocycles. The first-order chi connectivity index (χ1) is 12.0. The SMILES string of the molecule is Cc1cc(C)cc(N2C(=O)c3ccccc3[C@@H](C=NCCO)C2=O)c1. The van der Waals surface area contributed by atoms with Gasteiger partial charge in [0, 0.05) is 11.8 Å². The number of imide groups is 1. The van der Waals surface area contributed by atoms with Gasteiger partial charge in [0.2, 0.25) is 5.91 Å². The van der Waals surface area contributed by atoms with Gasteiger partial charge in [0.1, 0.15) is 0 Å². The number of hydrogen-bond acceptors (Lipinski definition) is 4. The molecule has 0 radical (unpaired) electrons. The number of aliphatic hydroxyl groups is 1. The highest BCUT2D eigenvalue weighted by Gasteiger charge is 2.38. The molecule has 1 atom stereocenters. The Morgan fingerprint density at radius 3 is 2.48 bits per heavy atom. The second-order valence-corrected chi connectivity index (χ2v) is 6.17. The van der Waals surface area contributed by atoms with Crippen LogP contribution in [0.2, 0.25) is 0 Å². The number of carbonyl (C=O) groups is 2. The maximum atomic E-state index is 13.1. The van der Waals surface area contributed by atoms with Gasteiger partial charge in [0.25, 0.3) is 5.91 Å². The minimum atomic E-state index is -0.638. The molecular formula is C20H20N2O3. The lowest BCUT2D eigenvalue weighted by Crippen LogP contribution is -2.45. The quantitative estimate of drug-likeness (QED) is 0.689. The summed E-state index contributed by atoms with van der Waals surface area (Å²) in [5, 5.41) is 8.93. The molecule has 0 bridgehead atoms. The van der Waals surface area contributed by atoms with Crippen LogP contribution in [0.5, 0.6) is 0 Å². The highest BCUT2D eigenvalue weighted by atomic mass is 16.3. The first-order valence-corrected chi connectivity index (χ1v) is 8.19. The van der Waals surface area contributed by atoms with Crippen LogP contribution in [0.3, 0.4) is 0 Å². The molecule has 0 spiro atoms. The van der Waals surface area contributed by atoms with Gasteiger partial charge in [-0.25, -0.2) is 4.90 Å². The summed E-state index contributed by atoms with van der Waals surface area (Å²) in [5.74, 6) is -1.28. The largest absolute Gasteiger partial charge is 0.394 e. The highest BCUT2D eigenvalue weighted by Crippen LogP contribution is 2.32. The number of aryl methyl sites for hydroxylation is 2. The lowest BCUT2D eigenvalue weighted by Gasteiger charge is -2.31. The predicted octanol–water partition coefficient (Wildman–Crippen LogP) is 2.64. The van der Waals surface area contributed by atoms with E-state index in [0.29, 0.717) is 16.8 Å². The third-order valence-electron chi connectivity index (χ3n) is 4.16. The first kappa shape index (κ1) is 17.0. The number of carbonyl (C=O) groups excluding carboxylic acids is 2. The zero-order chi connectivity index (χ0) is 18.0. The first-order valence-electron chi connectivity index (χ1n) is 8.19. The second-order valence-electron chi connectivity index (χ2n) is 6.17. The van der Waals surface area contributed by atoms with E-state index in [4.69, 9.17) is 5.11 Å². The van der Waals surface area contributed by atoms with Crippen molar-refractivity contribution in [1.29, 1.82) is 0 Å². The standard InChI is InChI=1S/C20H20N2O3/c1-13-9-14(2)11-15(10-13)22-19(24)17-6-4-3-5-16(17)18(20(22)25)12-21-7-8-23/h3-6,9-12,18,23H,7-8H2,1-2H3/t18-/m1/s1. The summed E-state index contributed by atoms with van der Waals surface area (Å²) in [6.07, 6.45) is 1.53. The zero-order valence-electron chi connectivity index (χ0n) is 14.3. The smallest absolute Gasteiger partial charge is 0.265 e. The van der Waals surface area contributed by atoms with Gasteiger partial charge in [-0.2, -0.15) is 0 Å². The van der Waals surface area contributed by atoms with Crippen molar-refractivity contribution in [2.75, 3.05) is 18.1 Å². The molecule has 0 saturated carbocycles. The molecule has 0 saturated heterocycles. The third kappa shape index (κ3) is 3.23. The summed E-state index contributed by atoms with van der Waals surface area (Å²) in [6, 6.07) is 12.8. The molecular weight excluding hydrogens is 316 g/mol. The number of rotatable bonds is 4. The fourth-order valence-corrected chi connectivity index (χ4v) is 3.16. The average molecular weight is 336 g/mol. The molecule has 0 aliphatic carbocycles. The lowest BCUT2D eigenvalue weighted by molar-refractivity contribution is -0.118. The van der Waals surface area contributed by atoms with Crippen molar-refractivity contribution in [3.05, 3.63) is 64.7 Å². The summed E-state index contributed by atoms with van der Waals surface area (Å²) in [6.45, 7) is 4.01. The molecule has 0 unspecified atom stereocenters. The molecule has 128 valence electrons. The van der Waals surface area contributed by atoms with Crippen LogP contribution in [0.1, 0.15) is 33.0 Å². The van der Waals surface area contributed by atoms with Gasteiger partial charge in [0.15, 0.2) is 0 Å². The number of anilines is 1. The number of aliphatic hydroxyl groups excluding tert-OH is 1. The number of nitrogens with zero attached hydrogens (tertiary/aromatic N) is 2. The Kier molecular flexibility index (Phi) is 4.76. The van der Waals surface area contributed by atoms with Gasteiger partial charge in [-0.3, -0.25) is 14.6 Å². The number of hydrogen-bond donors (Lipinski definition) is 1. The zero-order valence-corrected chi connectivity index (χ0v) is 14.3. The van der Waals surface area contributed by atoms with Crippen LogP contribution < -0.4 is 4.90 Å². The van der Waals surface area contributed by atoms with Crippen molar-refractivity contribution in [2.45, 2.75) is 19.8 Å². The van der Waals surface area contributed by atoms with Crippen LogP contribution in [-0.2, 0) is 4.79 Å². The van der Waals surface area contributed by atoms with E-state index in [1.165, 1.54) is 11.1 Å². The van der Waals surface area contributed by atoms with Gasteiger partial charge < -0.3 is 5.11 Å². The van der Waals surface area contributed by atoms with Crippen molar-refractivity contribution in [3.8, 4) is 0 Å². The molecule has 25 heavy (non-hydrogen) atoms. The third-order valence-corrected chi connectivity index (χ3v) is 4.16. The van der Waals surface area contributed by atoms with Crippen LogP contribution in [0.15, 0.2) is 47.5 Å². The van der Waals surface area contributed by atoms with E-state index in [1.807, 2.05) is 32.0 Å². The molecule has 3 rings (SSSR count). The monoisotopic (exact) mass is 336 g/mol. The minimum absolute atomic E-state index is 0.0845. The van der Waals surface area contributed by atoms with Crippen molar-refractivity contribution in [1.82, 2.24) is 0 Å². The fourth-order valence-electron chi connectivity index (χ4n) is 3.16. The predicted molar refractivity (Wildman–Crippen MR) is 97.4 cm³/mol. The summed E-state index contributed by atoms with van der Waals surface area (Å²) in [7, 11) is 0. The lowest BCUT2D eigenvalue weighted by atomic mass is 9.88. The summed E-state index contributed by atoms with van der Waals surface area (Å²) < 4.78 is 0. The van der Waals surface area contributed by atoms with E-state index in [-0.39, 0.29) is 25.0 Å². The Balaban J connectivity index is 2.11. The van der Waals surface area contributed by atoms with Gasteiger partial charge >= 0.3 is 0 Å². The van der Waals surface area contributed by atoms with Gasteiger partial charge in [0.05, 0.1) is 24.8 Å². The van der Waals surface area contributed by atoms with Crippen LogP contribution >= 0.6 is 0 Å². The van der Waals surface area contributed by atoms with E-state index in [1.54, 1.807) is 24.3 Å².